The minimum absolute atomic E-state index is 0.0434. The van der Waals surface area contributed by atoms with Gasteiger partial charge in [-0.1, -0.05) is 188 Å². The lowest BCUT2D eigenvalue weighted by atomic mass is 9.67. The molecule has 0 fully saturated rings. The molecule has 4 heteroatoms. The van der Waals surface area contributed by atoms with Crippen LogP contribution >= 0.6 is 0 Å². The lowest BCUT2D eigenvalue weighted by molar-refractivity contribution is 0.773. The van der Waals surface area contributed by atoms with Crippen LogP contribution in [0.5, 0.6) is 0 Å². The number of allylic oxidation sites excluding steroid dienone is 10. The molecule has 0 aromatic heterocycles. The molecular weight excluding hydrogens is 849 g/mol. The molecule has 12 rings (SSSR count). The zero-order chi connectivity index (χ0) is 47.0. The number of hydrogen-bond donors (Lipinski definition) is 0. The Morgan fingerprint density at radius 1 is 0.486 bits per heavy atom. The van der Waals surface area contributed by atoms with Gasteiger partial charge in [-0.05, 0) is 128 Å². The minimum Gasteiger partial charge on any atom is -0.330 e. The Kier molecular flexibility index (Phi) is 10.8. The molecule has 0 radical (unpaired) electrons. The van der Waals surface area contributed by atoms with Crippen molar-refractivity contribution in [3.63, 3.8) is 0 Å². The molecule has 0 bridgehead atoms. The summed E-state index contributed by atoms with van der Waals surface area (Å²) >= 11 is 0. The molecule has 0 saturated heterocycles. The highest BCUT2D eigenvalue weighted by atomic mass is 15.2. The van der Waals surface area contributed by atoms with Crippen LogP contribution in [0.4, 0.5) is 28.4 Å². The monoisotopic (exact) mass is 892 g/mol. The molecule has 70 heavy (non-hydrogen) atoms. The van der Waals surface area contributed by atoms with Gasteiger partial charge in [-0.2, -0.15) is 5.26 Å². The minimum atomic E-state index is -0.191. The van der Waals surface area contributed by atoms with E-state index in [1.807, 2.05) is 24.3 Å². The van der Waals surface area contributed by atoms with E-state index in [1.54, 1.807) is 0 Å². The summed E-state index contributed by atoms with van der Waals surface area (Å²) in [6.45, 7) is 7.81. The summed E-state index contributed by atoms with van der Waals surface area (Å²) in [4.78, 5) is 8.61. The van der Waals surface area contributed by atoms with Crippen LogP contribution in [-0.2, 0) is 0 Å². The predicted molar refractivity (Wildman–Crippen MR) is 288 cm³/mol. The first kappa shape index (κ1) is 41.9. The normalized spacial score (nSPS) is 16.1. The molecule has 328 valence electrons. The molecule has 2 unspecified atom stereocenters. The quantitative estimate of drug-likeness (QED) is 0.128. The average molecular weight is 893 g/mol. The maximum absolute atomic E-state index is 9.92. The second-order valence-electron chi connectivity index (χ2n) is 17.8. The van der Waals surface area contributed by atoms with Gasteiger partial charge in [0, 0.05) is 34.1 Å². The number of nitriles is 1. The SMILES string of the molecule is [C-]#[N+]c1ccc(N(C2=C3C=CC4=C5C(=CC=C(C=C2)C35)C(N(c2ccc(C#N)cc2)c2ccc(-c3ccccc3)cc2-c2ccccc2)C=C4)c2ccc(-c3ccccc3)cc2-c2ccccc2)cc1. The molecule has 2 atom stereocenters. The highest BCUT2D eigenvalue weighted by Crippen LogP contribution is 2.53. The third-order valence-electron chi connectivity index (χ3n) is 13.9. The number of anilines is 4. The zero-order valence-electron chi connectivity index (χ0n) is 38.2. The fourth-order valence-corrected chi connectivity index (χ4v) is 10.6. The fraction of sp³-hybridized carbons (Fsp3) is 0.0303. The zero-order valence-corrected chi connectivity index (χ0v) is 38.2. The molecule has 4 aliphatic carbocycles. The van der Waals surface area contributed by atoms with E-state index in [1.165, 1.54) is 27.9 Å². The van der Waals surface area contributed by atoms with E-state index in [-0.39, 0.29) is 12.0 Å². The molecule has 8 aromatic carbocycles. The van der Waals surface area contributed by atoms with Crippen molar-refractivity contribution >= 4 is 28.4 Å². The first-order valence-electron chi connectivity index (χ1n) is 23.7. The Balaban J connectivity index is 1.02. The number of benzene rings is 8. The van der Waals surface area contributed by atoms with Gasteiger partial charge >= 0.3 is 0 Å². The lowest BCUT2D eigenvalue weighted by Crippen LogP contribution is -2.37. The number of rotatable bonds is 10. The van der Waals surface area contributed by atoms with Gasteiger partial charge in [0.15, 0.2) is 5.69 Å². The summed E-state index contributed by atoms with van der Waals surface area (Å²) in [6, 6.07) is 74.2. The maximum atomic E-state index is 9.92. The average Bonchev–Trinajstić information content (AvgIpc) is 3.44. The Morgan fingerprint density at radius 3 is 1.63 bits per heavy atom. The smallest absolute Gasteiger partial charge is 0.187 e. The molecule has 4 aliphatic rings. The summed E-state index contributed by atoms with van der Waals surface area (Å²) in [6.07, 6.45) is 18.5. The number of nitrogens with zero attached hydrogens (tertiary/aromatic N) is 4. The van der Waals surface area contributed by atoms with Crippen molar-refractivity contribution in [2.75, 3.05) is 9.80 Å². The van der Waals surface area contributed by atoms with Crippen LogP contribution in [0.25, 0.3) is 49.4 Å². The molecular formula is C66H44N4. The molecule has 0 spiro atoms. The van der Waals surface area contributed by atoms with E-state index in [0.717, 1.165) is 73.0 Å². The van der Waals surface area contributed by atoms with Crippen molar-refractivity contribution in [3.05, 3.63) is 305 Å². The van der Waals surface area contributed by atoms with Crippen LogP contribution in [-0.4, -0.2) is 6.04 Å². The highest BCUT2D eigenvalue weighted by molar-refractivity contribution is 5.91. The Hall–Kier alpha value is -9.48. The Bertz CT molecular complexity index is 3640. The molecule has 8 aromatic rings. The van der Waals surface area contributed by atoms with E-state index in [9.17, 15) is 5.26 Å². The van der Waals surface area contributed by atoms with Gasteiger partial charge in [-0.25, -0.2) is 4.85 Å². The summed E-state index contributed by atoms with van der Waals surface area (Å²) in [5, 5.41) is 9.92. The van der Waals surface area contributed by atoms with Gasteiger partial charge in [-0.3, -0.25) is 0 Å². The van der Waals surface area contributed by atoms with Crippen LogP contribution in [0.15, 0.2) is 288 Å². The van der Waals surface area contributed by atoms with Crippen molar-refractivity contribution < 1.29 is 0 Å². The lowest BCUT2D eigenvalue weighted by Gasteiger charge is -2.44. The van der Waals surface area contributed by atoms with Crippen LogP contribution in [0.3, 0.4) is 0 Å². The second kappa shape index (κ2) is 18.0. The third kappa shape index (κ3) is 7.51. The second-order valence-corrected chi connectivity index (χ2v) is 17.8. The van der Waals surface area contributed by atoms with E-state index >= 15 is 0 Å². The standard InChI is InChI=1S/C66H44N4/c1-68-54-30-34-56(35-31-54)70(64-41-29-53(47-16-8-3-9-17-47)43-60(64)49-20-12-5-13-21-49)62-39-27-51-24-36-57-61(38-26-50-25-37-58(62)66(51)65(50)57)69(55-32-22-45(44-67)23-33-55)63-40-28-52(46-14-6-2-7-15-46)42-59(63)48-18-10-4-11-19-48/h2-43,61,66H. The largest absolute Gasteiger partial charge is 0.330 e. The summed E-state index contributed by atoms with van der Waals surface area (Å²) in [5.41, 5.74) is 21.6. The van der Waals surface area contributed by atoms with Crippen LogP contribution in [0.1, 0.15) is 5.56 Å². The van der Waals surface area contributed by atoms with E-state index in [2.05, 4.69) is 251 Å². The van der Waals surface area contributed by atoms with Crippen molar-refractivity contribution in [2.24, 2.45) is 5.92 Å². The van der Waals surface area contributed by atoms with Crippen LogP contribution in [0, 0.1) is 23.8 Å². The number of hydrogen-bond acceptors (Lipinski definition) is 3. The van der Waals surface area contributed by atoms with Gasteiger partial charge in [-0.15, -0.1) is 0 Å². The molecule has 0 aliphatic heterocycles. The fourth-order valence-electron chi connectivity index (χ4n) is 10.6. The Morgan fingerprint density at radius 2 is 1.04 bits per heavy atom. The van der Waals surface area contributed by atoms with Crippen molar-refractivity contribution in [1.29, 1.82) is 5.26 Å². The van der Waals surface area contributed by atoms with Gasteiger partial charge in [0.05, 0.1) is 35.6 Å². The van der Waals surface area contributed by atoms with Crippen LogP contribution < -0.4 is 9.80 Å². The summed E-state index contributed by atoms with van der Waals surface area (Å²) < 4.78 is 0. The van der Waals surface area contributed by atoms with E-state index in [4.69, 9.17) is 6.57 Å². The molecule has 0 amide bonds. The topological polar surface area (TPSA) is 34.6 Å². The van der Waals surface area contributed by atoms with Gasteiger partial charge in [0.2, 0.25) is 0 Å². The highest BCUT2D eigenvalue weighted by Gasteiger charge is 2.40. The molecule has 0 heterocycles. The molecule has 4 nitrogen and oxygen atoms in total. The Labute approximate surface area is 409 Å². The predicted octanol–water partition coefficient (Wildman–Crippen LogP) is 16.9. The first-order valence-corrected chi connectivity index (χ1v) is 23.7. The van der Waals surface area contributed by atoms with Gasteiger partial charge < -0.3 is 9.80 Å². The first-order chi connectivity index (χ1) is 34.6. The van der Waals surface area contributed by atoms with E-state index < -0.39 is 0 Å². The third-order valence-corrected chi connectivity index (χ3v) is 13.9. The van der Waals surface area contributed by atoms with Crippen molar-refractivity contribution in [3.8, 4) is 50.6 Å². The van der Waals surface area contributed by atoms with E-state index in [0.29, 0.717) is 11.3 Å². The van der Waals surface area contributed by atoms with Crippen LogP contribution in [0.2, 0.25) is 0 Å². The maximum Gasteiger partial charge on any atom is 0.187 e. The summed E-state index contributed by atoms with van der Waals surface area (Å²) in [5.74, 6) is -0.0434. The van der Waals surface area contributed by atoms with Crippen molar-refractivity contribution in [1.82, 2.24) is 0 Å². The molecule has 0 N–H and O–H groups in total. The van der Waals surface area contributed by atoms with Crippen molar-refractivity contribution in [2.45, 2.75) is 6.04 Å². The summed E-state index contributed by atoms with van der Waals surface area (Å²) in [7, 11) is 0. The molecule has 0 saturated carbocycles. The van der Waals surface area contributed by atoms with Gasteiger partial charge in [0.1, 0.15) is 0 Å². The van der Waals surface area contributed by atoms with Gasteiger partial charge in [0.25, 0.3) is 0 Å².